The molecule has 0 bridgehead atoms. The van der Waals surface area contributed by atoms with E-state index in [2.05, 4.69) is 62.5 Å². The molecule has 0 saturated carbocycles. The average molecular weight is 459 g/mol. The summed E-state index contributed by atoms with van der Waals surface area (Å²) in [6, 6.07) is 30.7. The van der Waals surface area contributed by atoms with Crippen molar-refractivity contribution in [2.24, 2.45) is 0 Å². The average Bonchev–Trinajstić information content (AvgIpc) is 3.57. The van der Waals surface area contributed by atoms with E-state index in [0.717, 1.165) is 44.3 Å². The minimum absolute atomic E-state index is 0.760. The molecule has 0 aliphatic heterocycles. The molecule has 0 atom stereocenters. The van der Waals surface area contributed by atoms with Crippen LogP contribution in [-0.4, -0.2) is 19.3 Å². The fourth-order valence-electron chi connectivity index (χ4n) is 4.45. The second-order valence-corrected chi connectivity index (χ2v) is 8.97. The molecule has 0 saturated heterocycles. The van der Waals surface area contributed by atoms with Gasteiger partial charge < -0.3 is 4.74 Å². The van der Waals surface area contributed by atoms with Crippen LogP contribution in [0.2, 0.25) is 0 Å². The van der Waals surface area contributed by atoms with Gasteiger partial charge in [0.25, 0.3) is 0 Å². The molecule has 0 spiro atoms. The van der Waals surface area contributed by atoms with Crippen LogP contribution in [0.25, 0.3) is 43.5 Å². The maximum absolute atomic E-state index is 6.32. The van der Waals surface area contributed by atoms with E-state index in [0.29, 0.717) is 0 Å². The highest BCUT2D eigenvalue weighted by molar-refractivity contribution is 7.16. The number of hydrogen-bond donors (Lipinski definition) is 0. The first-order valence-corrected chi connectivity index (χ1v) is 11.9. The second kappa shape index (κ2) is 7.57. The van der Waals surface area contributed by atoms with Crippen LogP contribution in [0.1, 0.15) is 0 Å². The summed E-state index contributed by atoms with van der Waals surface area (Å²) in [6.07, 6.45) is 3.86. The predicted molar refractivity (Wildman–Crippen MR) is 138 cm³/mol. The van der Waals surface area contributed by atoms with E-state index in [1.807, 2.05) is 65.6 Å². The lowest BCUT2D eigenvalue weighted by atomic mass is 10.1. The van der Waals surface area contributed by atoms with Gasteiger partial charge in [-0.2, -0.15) is 5.10 Å². The van der Waals surface area contributed by atoms with Crippen molar-refractivity contribution in [3.63, 3.8) is 0 Å². The van der Waals surface area contributed by atoms with Gasteiger partial charge in [0.05, 0.1) is 16.7 Å². The SMILES string of the molecule is c1ccc(-n2c3ccccc3c3ccc(Oc4cccc(-n5cc6ccsc6n5)c4)cc32)nc1. The quantitative estimate of drug-likeness (QED) is 0.277. The van der Waals surface area contributed by atoms with Gasteiger partial charge in [-0.25, -0.2) is 9.67 Å². The first kappa shape index (κ1) is 19.1. The van der Waals surface area contributed by atoms with Crippen LogP contribution in [0.4, 0.5) is 0 Å². The van der Waals surface area contributed by atoms with Gasteiger partial charge in [0.2, 0.25) is 0 Å². The number of hydrogen-bond acceptors (Lipinski definition) is 4. The Kier molecular flexibility index (Phi) is 4.25. The highest BCUT2D eigenvalue weighted by atomic mass is 32.1. The number of pyridine rings is 1. The van der Waals surface area contributed by atoms with Gasteiger partial charge in [-0.05, 0) is 53.9 Å². The first-order chi connectivity index (χ1) is 16.8. The minimum Gasteiger partial charge on any atom is -0.457 e. The highest BCUT2D eigenvalue weighted by Crippen LogP contribution is 2.35. The molecule has 0 amide bonds. The van der Waals surface area contributed by atoms with Gasteiger partial charge in [0.1, 0.15) is 22.1 Å². The Bertz CT molecular complexity index is 1770. The largest absolute Gasteiger partial charge is 0.457 e. The molecule has 5 nitrogen and oxygen atoms in total. The fraction of sp³-hybridized carbons (Fsp3) is 0. The van der Waals surface area contributed by atoms with Crippen molar-refractivity contribution in [3.05, 3.63) is 109 Å². The molecule has 0 radical (unpaired) electrons. The van der Waals surface area contributed by atoms with Gasteiger partial charge in [-0.3, -0.25) is 4.57 Å². The van der Waals surface area contributed by atoms with Gasteiger partial charge in [0.15, 0.2) is 0 Å². The van der Waals surface area contributed by atoms with E-state index in [9.17, 15) is 0 Å². The number of aromatic nitrogens is 4. The van der Waals surface area contributed by atoms with Crippen LogP contribution in [0.15, 0.2) is 109 Å². The number of benzene rings is 3. The summed E-state index contributed by atoms with van der Waals surface area (Å²) < 4.78 is 10.4. The topological polar surface area (TPSA) is 44.9 Å². The molecule has 0 N–H and O–H groups in total. The summed E-state index contributed by atoms with van der Waals surface area (Å²) in [6.45, 7) is 0. The number of thiophene rings is 1. The van der Waals surface area contributed by atoms with Crippen LogP contribution in [0.3, 0.4) is 0 Å². The van der Waals surface area contributed by atoms with E-state index in [4.69, 9.17) is 4.74 Å². The molecule has 0 unspecified atom stereocenters. The molecule has 0 fully saturated rings. The van der Waals surface area contributed by atoms with Crippen LogP contribution in [-0.2, 0) is 0 Å². The molecule has 162 valence electrons. The third kappa shape index (κ3) is 3.08. The molecular weight excluding hydrogens is 440 g/mol. The summed E-state index contributed by atoms with van der Waals surface area (Å²) >= 11 is 1.64. The van der Waals surface area contributed by atoms with Crippen molar-refractivity contribution in [3.8, 4) is 23.0 Å². The summed E-state index contributed by atoms with van der Waals surface area (Å²) in [5.74, 6) is 2.41. The van der Waals surface area contributed by atoms with Gasteiger partial charge in [0, 0.05) is 40.7 Å². The van der Waals surface area contributed by atoms with Gasteiger partial charge in [-0.15, -0.1) is 11.3 Å². The third-order valence-corrected chi connectivity index (χ3v) is 6.79. The summed E-state index contributed by atoms with van der Waals surface area (Å²) in [7, 11) is 0. The van der Waals surface area contributed by atoms with E-state index in [1.165, 1.54) is 10.8 Å². The van der Waals surface area contributed by atoms with Crippen LogP contribution in [0, 0.1) is 0 Å². The lowest BCUT2D eigenvalue weighted by molar-refractivity contribution is 0.483. The van der Waals surface area contributed by atoms with Crippen molar-refractivity contribution >= 4 is 43.4 Å². The van der Waals surface area contributed by atoms with E-state index < -0.39 is 0 Å². The minimum atomic E-state index is 0.760. The molecule has 7 rings (SSSR count). The van der Waals surface area contributed by atoms with Crippen molar-refractivity contribution in [1.82, 2.24) is 19.3 Å². The molecule has 4 aromatic heterocycles. The Morgan fingerprint density at radius 1 is 0.735 bits per heavy atom. The molecule has 6 heteroatoms. The second-order valence-electron chi connectivity index (χ2n) is 8.07. The Morgan fingerprint density at radius 2 is 1.62 bits per heavy atom. The monoisotopic (exact) mass is 458 g/mol. The van der Waals surface area contributed by atoms with Crippen molar-refractivity contribution in [2.45, 2.75) is 0 Å². The summed E-state index contributed by atoms with van der Waals surface area (Å²) in [4.78, 5) is 5.63. The molecule has 34 heavy (non-hydrogen) atoms. The van der Waals surface area contributed by atoms with Crippen molar-refractivity contribution < 1.29 is 4.74 Å². The van der Waals surface area contributed by atoms with Crippen molar-refractivity contribution in [1.29, 1.82) is 0 Å². The molecular formula is C28H18N4OS. The highest BCUT2D eigenvalue weighted by Gasteiger charge is 2.14. The number of ether oxygens (including phenoxy) is 1. The van der Waals surface area contributed by atoms with Crippen LogP contribution >= 0.6 is 11.3 Å². The zero-order valence-electron chi connectivity index (χ0n) is 18.0. The van der Waals surface area contributed by atoms with E-state index in [1.54, 1.807) is 11.3 Å². The fourth-order valence-corrected chi connectivity index (χ4v) is 5.19. The molecule has 3 aromatic carbocycles. The Hall–Kier alpha value is -4.42. The van der Waals surface area contributed by atoms with Gasteiger partial charge >= 0.3 is 0 Å². The smallest absolute Gasteiger partial charge is 0.145 e. The lowest BCUT2D eigenvalue weighted by Gasteiger charge is -2.10. The maximum Gasteiger partial charge on any atom is 0.145 e. The van der Waals surface area contributed by atoms with Crippen LogP contribution in [0.5, 0.6) is 11.5 Å². The number of nitrogens with zero attached hydrogens (tertiary/aromatic N) is 4. The van der Waals surface area contributed by atoms with E-state index in [-0.39, 0.29) is 0 Å². The lowest BCUT2D eigenvalue weighted by Crippen LogP contribution is -1.97. The number of fused-ring (bicyclic) bond motifs is 4. The van der Waals surface area contributed by atoms with Crippen LogP contribution < -0.4 is 4.74 Å². The van der Waals surface area contributed by atoms with Crippen molar-refractivity contribution in [2.75, 3.05) is 0 Å². The number of rotatable bonds is 4. The normalized spacial score (nSPS) is 11.5. The Labute approximate surface area is 199 Å². The predicted octanol–water partition coefficient (Wildman–Crippen LogP) is 7.37. The molecule has 4 heterocycles. The van der Waals surface area contributed by atoms with Gasteiger partial charge in [-0.1, -0.05) is 30.3 Å². The third-order valence-electron chi connectivity index (χ3n) is 5.98. The Balaban J connectivity index is 1.32. The Morgan fingerprint density at radius 3 is 2.53 bits per heavy atom. The zero-order valence-corrected chi connectivity index (χ0v) is 18.8. The zero-order chi connectivity index (χ0) is 22.5. The molecule has 0 aliphatic carbocycles. The van der Waals surface area contributed by atoms with E-state index >= 15 is 0 Å². The standard InChI is InChI=1S/C28H18N4OS/c1-2-9-25-23(8-1)24-12-11-22(17-26(24)32(25)27-10-3-4-14-29-27)33-21-7-5-6-20(16-21)31-18-19-13-15-34-28(19)30-31/h1-18H. The summed E-state index contributed by atoms with van der Waals surface area (Å²) in [5, 5.41) is 10.2. The summed E-state index contributed by atoms with van der Waals surface area (Å²) in [5.41, 5.74) is 3.14. The number of para-hydroxylation sites is 1. The molecule has 0 aliphatic rings. The molecule has 7 aromatic rings. The first-order valence-electron chi connectivity index (χ1n) is 11.0. The maximum atomic E-state index is 6.32.